The van der Waals surface area contributed by atoms with Gasteiger partial charge in [0, 0.05) is 11.8 Å². The van der Waals surface area contributed by atoms with E-state index in [0.717, 1.165) is 16.7 Å². The maximum Gasteiger partial charge on any atom is 0.418 e. The van der Waals surface area contributed by atoms with Crippen LogP contribution in [0.1, 0.15) is 33.4 Å². The van der Waals surface area contributed by atoms with Crippen LogP contribution in [-0.2, 0) is 22.9 Å². The van der Waals surface area contributed by atoms with E-state index in [1.807, 2.05) is 97.1 Å². The molecule has 1 unspecified atom stereocenters. The number of alkyl halides is 3. The van der Waals surface area contributed by atoms with Gasteiger partial charge < -0.3 is 5.11 Å². The molecule has 46 heavy (non-hydrogen) atoms. The summed E-state index contributed by atoms with van der Waals surface area (Å²) in [6.07, 6.45) is -3.15. The highest BCUT2D eigenvalue weighted by Crippen LogP contribution is 2.41. The number of nitrogens with one attached hydrogen (secondary N) is 1. The monoisotopic (exact) mass is 616 g/mol. The lowest BCUT2D eigenvalue weighted by molar-refractivity contribution is -0.140. The molecule has 6 aromatic rings. The van der Waals surface area contributed by atoms with Crippen molar-refractivity contribution in [3.63, 3.8) is 0 Å². The lowest BCUT2D eigenvalue weighted by atomic mass is 9.76. The Labute approximate surface area is 265 Å². The summed E-state index contributed by atoms with van der Waals surface area (Å²) in [5.74, 6) is -1.06. The van der Waals surface area contributed by atoms with Crippen molar-refractivity contribution in [2.75, 3.05) is 0 Å². The Kier molecular flexibility index (Phi) is 8.43. The molecule has 0 aliphatic carbocycles. The number of hydrogen-bond acceptors (Lipinski definition) is 3. The number of aryl methyl sites for hydroxylation is 1. The molecule has 6 rings (SSSR count). The number of pyridine rings is 1. The topological polar surface area (TPSA) is 62.2 Å². The first-order valence-corrected chi connectivity index (χ1v) is 14.9. The number of fused-ring (bicyclic) bond motifs is 1. The SMILES string of the molecule is Cc1ccnc(-c2ccc(CC(NC(c3ccccc3)(c3ccccc3)c3ccccc3)C(=O)O)c3ccccc23)c1C(F)(F)F. The van der Waals surface area contributed by atoms with Crippen molar-refractivity contribution < 1.29 is 23.1 Å². The van der Waals surface area contributed by atoms with Crippen LogP contribution in [0.4, 0.5) is 13.2 Å². The molecular weight excluding hydrogens is 585 g/mol. The molecule has 0 amide bonds. The van der Waals surface area contributed by atoms with Gasteiger partial charge in [-0.2, -0.15) is 13.2 Å². The van der Waals surface area contributed by atoms with Gasteiger partial charge in [0.05, 0.1) is 16.8 Å². The minimum absolute atomic E-state index is 0.0672. The highest BCUT2D eigenvalue weighted by Gasteiger charge is 2.40. The summed E-state index contributed by atoms with van der Waals surface area (Å²) < 4.78 is 42.6. The Hall–Kier alpha value is -5.27. The third kappa shape index (κ3) is 5.77. The van der Waals surface area contributed by atoms with E-state index in [9.17, 15) is 23.1 Å². The molecule has 4 nitrogen and oxygen atoms in total. The van der Waals surface area contributed by atoms with Crippen molar-refractivity contribution in [3.05, 3.63) is 173 Å². The normalized spacial score (nSPS) is 12.6. The molecule has 0 radical (unpaired) electrons. The molecule has 0 spiro atoms. The fourth-order valence-corrected chi connectivity index (χ4v) is 6.36. The first-order valence-electron chi connectivity index (χ1n) is 14.9. The number of halogens is 3. The van der Waals surface area contributed by atoms with Gasteiger partial charge in [0.15, 0.2) is 0 Å². The van der Waals surface area contributed by atoms with Gasteiger partial charge in [-0.05, 0) is 58.0 Å². The van der Waals surface area contributed by atoms with E-state index in [0.29, 0.717) is 21.9 Å². The Balaban J connectivity index is 1.50. The van der Waals surface area contributed by atoms with Gasteiger partial charge in [0.2, 0.25) is 0 Å². The number of aromatic nitrogens is 1. The minimum Gasteiger partial charge on any atom is -0.480 e. The number of carbonyl (C=O) groups is 1. The predicted octanol–water partition coefficient (Wildman–Crippen LogP) is 8.81. The molecule has 0 aliphatic rings. The maximum absolute atomic E-state index is 14.2. The van der Waals surface area contributed by atoms with E-state index in [-0.39, 0.29) is 17.7 Å². The van der Waals surface area contributed by atoms with Crippen LogP contribution in [0.3, 0.4) is 0 Å². The summed E-state index contributed by atoms with van der Waals surface area (Å²) in [7, 11) is 0. The quantitative estimate of drug-likeness (QED) is 0.159. The molecule has 5 aromatic carbocycles. The average Bonchev–Trinajstić information content (AvgIpc) is 3.07. The lowest BCUT2D eigenvalue weighted by Gasteiger charge is -2.39. The molecule has 0 fully saturated rings. The molecule has 7 heteroatoms. The first kappa shape index (κ1) is 30.7. The van der Waals surface area contributed by atoms with E-state index >= 15 is 0 Å². The number of rotatable bonds is 9. The van der Waals surface area contributed by atoms with Crippen molar-refractivity contribution in [2.24, 2.45) is 0 Å². The van der Waals surface area contributed by atoms with Gasteiger partial charge in [-0.1, -0.05) is 127 Å². The lowest BCUT2D eigenvalue weighted by Crippen LogP contribution is -2.53. The van der Waals surface area contributed by atoms with Crippen molar-refractivity contribution in [1.82, 2.24) is 10.3 Å². The fraction of sp³-hybridized carbons (Fsp3) is 0.128. The van der Waals surface area contributed by atoms with E-state index in [4.69, 9.17) is 0 Å². The largest absolute Gasteiger partial charge is 0.480 e. The minimum atomic E-state index is -4.60. The van der Waals surface area contributed by atoms with Crippen LogP contribution in [0.25, 0.3) is 22.0 Å². The smallest absolute Gasteiger partial charge is 0.418 e. The van der Waals surface area contributed by atoms with Crippen molar-refractivity contribution in [3.8, 4) is 11.3 Å². The van der Waals surface area contributed by atoms with Gasteiger partial charge in [0.25, 0.3) is 0 Å². The van der Waals surface area contributed by atoms with E-state index in [1.54, 1.807) is 30.3 Å². The third-order valence-corrected chi connectivity index (χ3v) is 8.45. The summed E-state index contributed by atoms with van der Waals surface area (Å²) in [5, 5.41) is 15.5. The van der Waals surface area contributed by atoms with Crippen LogP contribution in [0.2, 0.25) is 0 Å². The molecule has 0 saturated carbocycles. The zero-order valence-corrected chi connectivity index (χ0v) is 25.0. The van der Waals surface area contributed by atoms with E-state index < -0.39 is 29.3 Å². The first-order chi connectivity index (χ1) is 22.2. The van der Waals surface area contributed by atoms with E-state index in [1.165, 1.54) is 19.2 Å². The maximum atomic E-state index is 14.2. The summed E-state index contributed by atoms with van der Waals surface area (Å²) in [6, 6.07) is 39.9. The molecule has 1 heterocycles. The van der Waals surface area contributed by atoms with Gasteiger partial charge in [-0.15, -0.1) is 0 Å². The zero-order valence-electron chi connectivity index (χ0n) is 25.0. The number of carboxylic acid groups (broad SMARTS) is 1. The highest BCUT2D eigenvalue weighted by molar-refractivity contribution is 5.99. The van der Waals surface area contributed by atoms with Gasteiger partial charge in [-0.3, -0.25) is 15.1 Å². The van der Waals surface area contributed by atoms with Gasteiger partial charge in [0.1, 0.15) is 6.04 Å². The van der Waals surface area contributed by atoms with Crippen molar-refractivity contribution in [2.45, 2.75) is 31.1 Å². The Morgan fingerprint density at radius 2 is 1.22 bits per heavy atom. The average molecular weight is 617 g/mol. The number of nitrogens with zero attached hydrogens (tertiary/aromatic N) is 1. The molecule has 0 saturated heterocycles. The molecule has 1 aromatic heterocycles. The molecule has 2 N–H and O–H groups in total. The van der Waals surface area contributed by atoms with E-state index in [2.05, 4.69) is 10.3 Å². The van der Waals surface area contributed by atoms with Crippen LogP contribution in [0.5, 0.6) is 0 Å². The Bertz CT molecular complexity index is 1880. The van der Waals surface area contributed by atoms with Crippen LogP contribution >= 0.6 is 0 Å². The van der Waals surface area contributed by atoms with Gasteiger partial charge in [-0.25, -0.2) is 0 Å². The predicted molar refractivity (Wildman–Crippen MR) is 174 cm³/mol. The van der Waals surface area contributed by atoms with Gasteiger partial charge >= 0.3 is 12.1 Å². The second-order valence-electron chi connectivity index (χ2n) is 11.3. The van der Waals surface area contributed by atoms with Crippen LogP contribution in [0, 0.1) is 6.92 Å². The van der Waals surface area contributed by atoms with Crippen LogP contribution in [0.15, 0.2) is 140 Å². The Morgan fingerprint density at radius 3 is 1.72 bits per heavy atom. The summed E-state index contributed by atoms with van der Waals surface area (Å²) in [5.41, 5.74) is 1.73. The van der Waals surface area contributed by atoms with Crippen molar-refractivity contribution in [1.29, 1.82) is 0 Å². The number of carboxylic acids is 1. The number of benzene rings is 5. The fourth-order valence-electron chi connectivity index (χ4n) is 6.36. The second kappa shape index (κ2) is 12.6. The van der Waals surface area contributed by atoms with Crippen LogP contribution < -0.4 is 5.32 Å². The highest BCUT2D eigenvalue weighted by atomic mass is 19.4. The summed E-state index contributed by atoms with van der Waals surface area (Å²) in [4.78, 5) is 17.3. The molecule has 230 valence electrons. The van der Waals surface area contributed by atoms with Crippen LogP contribution in [-0.4, -0.2) is 22.1 Å². The summed E-state index contributed by atoms with van der Waals surface area (Å²) >= 11 is 0. The Morgan fingerprint density at radius 1 is 0.717 bits per heavy atom. The second-order valence-corrected chi connectivity index (χ2v) is 11.3. The summed E-state index contributed by atoms with van der Waals surface area (Å²) in [6.45, 7) is 1.42. The third-order valence-electron chi connectivity index (χ3n) is 8.45. The zero-order chi connectivity index (χ0) is 32.3. The van der Waals surface area contributed by atoms with Crippen molar-refractivity contribution >= 4 is 16.7 Å². The number of aliphatic carboxylic acids is 1. The molecular formula is C39H31F3N2O2. The molecule has 0 aliphatic heterocycles. The number of hydrogen-bond donors (Lipinski definition) is 2. The standard InChI is InChI=1S/C39H31F3N2O2/c1-26-23-24-43-36(35(26)39(40,41)42)33-22-21-27(31-19-11-12-20-32(31)33)25-34(37(45)46)44-38(28-13-5-2-6-14-28,29-15-7-3-8-16-29)30-17-9-4-10-18-30/h2-24,34,44H,25H2,1H3,(H,45,46). The molecule has 0 bridgehead atoms. The molecule has 1 atom stereocenters.